The maximum absolute atomic E-state index is 12.5. The highest BCUT2D eigenvalue weighted by Gasteiger charge is 2.47. The minimum absolute atomic E-state index is 0.0890. The van der Waals surface area contributed by atoms with Gasteiger partial charge in [-0.3, -0.25) is 9.59 Å². The number of ketones is 2. The number of carbonyl (C=O) groups excluding carboxylic acids is 2. The lowest BCUT2D eigenvalue weighted by Gasteiger charge is -2.44. The standard InChI is InChI=1S/C30H60O8Si2/c1-19(2)40(20(3)4,21(5)6)37-18-22(7)16-24(35-12)28(38-39(14,15)30(9,10)11)25(36-13)17-23(8)26(31)27(32)29(33)34/h19-25,28H,16-18H2,1-15H3,(H,33,34)/t22-,23-,24+,25+,28-/m1/s1. The van der Waals surface area contributed by atoms with Crippen molar-refractivity contribution in [2.45, 2.75) is 142 Å². The van der Waals surface area contributed by atoms with E-state index in [0.717, 1.165) is 0 Å². The molecule has 0 aliphatic heterocycles. The normalized spacial score (nSPS) is 17.1. The van der Waals surface area contributed by atoms with Crippen LogP contribution in [-0.4, -0.2) is 78.4 Å². The van der Waals surface area contributed by atoms with E-state index >= 15 is 0 Å². The van der Waals surface area contributed by atoms with Crippen molar-refractivity contribution in [3.63, 3.8) is 0 Å². The minimum Gasteiger partial charge on any atom is -0.475 e. The van der Waals surface area contributed by atoms with Gasteiger partial charge in [0, 0.05) is 26.7 Å². The van der Waals surface area contributed by atoms with E-state index in [1.165, 1.54) is 0 Å². The molecule has 0 spiro atoms. The van der Waals surface area contributed by atoms with Gasteiger partial charge in [0.15, 0.2) is 16.6 Å². The van der Waals surface area contributed by atoms with Gasteiger partial charge in [-0.2, -0.15) is 0 Å². The number of ether oxygens (including phenoxy) is 2. The highest BCUT2D eigenvalue weighted by molar-refractivity contribution is 6.77. The molecule has 0 aromatic carbocycles. The molecule has 0 aromatic rings. The summed E-state index contributed by atoms with van der Waals surface area (Å²) >= 11 is 0. The van der Waals surface area contributed by atoms with E-state index in [1.807, 2.05) is 0 Å². The molecule has 0 bridgehead atoms. The maximum Gasteiger partial charge on any atom is 0.380 e. The molecule has 5 atom stereocenters. The van der Waals surface area contributed by atoms with E-state index < -0.39 is 52.3 Å². The predicted octanol–water partition coefficient (Wildman–Crippen LogP) is 6.87. The Labute approximate surface area is 246 Å². The van der Waals surface area contributed by atoms with Crippen LogP contribution in [0.4, 0.5) is 0 Å². The number of carboxylic acids is 1. The van der Waals surface area contributed by atoms with Crippen molar-refractivity contribution in [2.75, 3.05) is 20.8 Å². The van der Waals surface area contributed by atoms with Gasteiger partial charge in [0.2, 0.25) is 5.78 Å². The van der Waals surface area contributed by atoms with Crippen molar-refractivity contribution < 1.29 is 37.8 Å². The zero-order valence-corrected chi connectivity index (χ0v) is 30.0. The predicted molar refractivity (Wildman–Crippen MR) is 166 cm³/mol. The van der Waals surface area contributed by atoms with Crippen LogP contribution in [-0.2, 0) is 32.7 Å². The molecule has 0 aliphatic carbocycles. The summed E-state index contributed by atoms with van der Waals surface area (Å²) in [7, 11) is -1.14. The lowest BCUT2D eigenvalue weighted by atomic mass is 9.90. The molecule has 8 nitrogen and oxygen atoms in total. The first-order chi connectivity index (χ1) is 18.1. The molecule has 0 radical (unpaired) electrons. The second-order valence-electron chi connectivity index (χ2n) is 14.0. The van der Waals surface area contributed by atoms with Gasteiger partial charge in [0.1, 0.15) is 0 Å². The second-order valence-corrected chi connectivity index (χ2v) is 24.2. The van der Waals surface area contributed by atoms with Crippen LogP contribution in [0.1, 0.15) is 89.0 Å². The molecule has 0 amide bonds. The molecule has 0 heterocycles. The van der Waals surface area contributed by atoms with Crippen molar-refractivity contribution in [3.8, 4) is 0 Å². The van der Waals surface area contributed by atoms with Crippen molar-refractivity contribution in [1.82, 2.24) is 0 Å². The summed E-state index contributed by atoms with van der Waals surface area (Å²) in [6.45, 7) is 28.8. The highest BCUT2D eigenvalue weighted by atomic mass is 28.4. The Morgan fingerprint density at radius 1 is 0.775 bits per heavy atom. The van der Waals surface area contributed by atoms with Gasteiger partial charge < -0.3 is 23.4 Å². The third-order valence-electron chi connectivity index (χ3n) is 8.99. The fraction of sp³-hybridized carbons (Fsp3) is 0.900. The summed E-state index contributed by atoms with van der Waals surface area (Å²) in [5, 5.41) is 8.94. The van der Waals surface area contributed by atoms with E-state index in [-0.39, 0.29) is 23.5 Å². The third kappa shape index (κ3) is 10.1. The zero-order chi connectivity index (χ0) is 31.8. The molecule has 236 valence electrons. The number of Topliss-reactive ketones (excluding diaryl/α,β-unsaturated/α-hetero) is 2. The number of hydrogen-bond acceptors (Lipinski definition) is 7. The average Bonchev–Trinajstić information content (AvgIpc) is 2.82. The van der Waals surface area contributed by atoms with Gasteiger partial charge in [-0.15, -0.1) is 0 Å². The Balaban J connectivity index is 6.19. The largest absolute Gasteiger partial charge is 0.475 e. The molecule has 0 rings (SSSR count). The molecule has 0 aliphatic rings. The second kappa shape index (κ2) is 16.1. The lowest BCUT2D eigenvalue weighted by Crippen LogP contribution is -2.53. The Morgan fingerprint density at radius 2 is 1.20 bits per heavy atom. The van der Waals surface area contributed by atoms with Crippen LogP contribution in [0.25, 0.3) is 0 Å². The molecule has 10 heteroatoms. The monoisotopic (exact) mass is 604 g/mol. The molecular weight excluding hydrogens is 544 g/mol. The number of methoxy groups -OCH3 is 2. The molecule has 0 saturated heterocycles. The Morgan fingerprint density at radius 3 is 1.55 bits per heavy atom. The first-order valence-corrected chi connectivity index (χ1v) is 19.8. The van der Waals surface area contributed by atoms with Crippen LogP contribution in [0.5, 0.6) is 0 Å². The summed E-state index contributed by atoms with van der Waals surface area (Å²) in [5.41, 5.74) is 1.45. The van der Waals surface area contributed by atoms with Crippen molar-refractivity contribution >= 4 is 34.2 Å². The smallest absolute Gasteiger partial charge is 0.380 e. The highest BCUT2D eigenvalue weighted by Crippen LogP contribution is 2.43. The summed E-state index contributed by atoms with van der Waals surface area (Å²) < 4.78 is 25.7. The Hall–Kier alpha value is -0.916. The van der Waals surface area contributed by atoms with E-state index in [2.05, 4.69) is 82.3 Å². The minimum atomic E-state index is -2.32. The fourth-order valence-corrected chi connectivity index (χ4v) is 12.6. The summed E-state index contributed by atoms with van der Waals surface area (Å²) in [6.07, 6.45) is -0.657. The first-order valence-electron chi connectivity index (χ1n) is 14.8. The molecule has 0 saturated carbocycles. The number of aliphatic carboxylic acids is 1. The van der Waals surface area contributed by atoms with Crippen LogP contribution >= 0.6 is 0 Å². The molecular formula is C30H60O8Si2. The van der Waals surface area contributed by atoms with Crippen LogP contribution in [0.2, 0.25) is 34.8 Å². The lowest BCUT2D eigenvalue weighted by molar-refractivity contribution is -0.154. The van der Waals surface area contributed by atoms with Gasteiger partial charge in [-0.05, 0) is 53.5 Å². The fourth-order valence-electron chi connectivity index (χ4n) is 5.67. The summed E-state index contributed by atoms with van der Waals surface area (Å²) in [5.74, 6) is -4.76. The van der Waals surface area contributed by atoms with E-state index in [4.69, 9.17) is 23.4 Å². The Kier molecular flexibility index (Phi) is 15.7. The molecule has 0 aromatic heterocycles. The van der Waals surface area contributed by atoms with Crippen molar-refractivity contribution in [1.29, 1.82) is 0 Å². The van der Waals surface area contributed by atoms with Gasteiger partial charge in [-0.25, -0.2) is 4.79 Å². The van der Waals surface area contributed by atoms with E-state index in [0.29, 0.717) is 29.7 Å². The first kappa shape index (κ1) is 39.1. The molecule has 1 N–H and O–H groups in total. The summed E-state index contributed by atoms with van der Waals surface area (Å²) in [4.78, 5) is 35.5. The molecule has 0 fully saturated rings. The van der Waals surface area contributed by atoms with Crippen LogP contribution in [0.15, 0.2) is 0 Å². The van der Waals surface area contributed by atoms with Crippen LogP contribution in [0, 0.1) is 11.8 Å². The van der Waals surface area contributed by atoms with Gasteiger partial charge in [0.05, 0.1) is 18.3 Å². The van der Waals surface area contributed by atoms with Crippen molar-refractivity contribution in [2.24, 2.45) is 11.8 Å². The quantitative estimate of drug-likeness (QED) is 0.0966. The number of carbonyl (C=O) groups is 3. The molecule has 40 heavy (non-hydrogen) atoms. The average molecular weight is 605 g/mol. The molecule has 0 unspecified atom stereocenters. The zero-order valence-electron chi connectivity index (χ0n) is 28.0. The SMILES string of the molecule is CO[C@@H](C[C@@H](C)CO[Si](C(C)C)(C(C)C)C(C)C)[C@@H](O[Si](C)(C)C(C)(C)C)[C@H](C[C@@H](C)C(=O)C(=O)C(=O)O)OC. The maximum atomic E-state index is 12.5. The van der Waals surface area contributed by atoms with Gasteiger partial charge in [-0.1, -0.05) is 76.2 Å². The topological polar surface area (TPSA) is 108 Å². The number of rotatable bonds is 19. The van der Waals surface area contributed by atoms with Crippen LogP contribution in [0.3, 0.4) is 0 Å². The van der Waals surface area contributed by atoms with Crippen molar-refractivity contribution in [3.05, 3.63) is 0 Å². The third-order valence-corrected chi connectivity index (χ3v) is 19.5. The number of hydrogen-bond donors (Lipinski definition) is 1. The van der Waals surface area contributed by atoms with Crippen LogP contribution < -0.4 is 0 Å². The summed E-state index contributed by atoms with van der Waals surface area (Å²) in [6, 6.07) is 0. The van der Waals surface area contributed by atoms with E-state index in [9.17, 15) is 14.4 Å². The number of carboxylic acid groups (broad SMARTS) is 1. The van der Waals surface area contributed by atoms with Gasteiger partial charge in [0.25, 0.3) is 0 Å². The Bertz CT molecular complexity index is 797. The van der Waals surface area contributed by atoms with Gasteiger partial charge >= 0.3 is 11.8 Å². The van der Waals surface area contributed by atoms with E-state index in [1.54, 1.807) is 21.1 Å².